The summed E-state index contributed by atoms with van der Waals surface area (Å²) in [6.07, 6.45) is -0.122. The van der Waals surface area contributed by atoms with E-state index in [1.54, 1.807) is 0 Å². The molecule has 29 heavy (non-hydrogen) atoms. The van der Waals surface area contributed by atoms with Crippen LogP contribution in [0.3, 0.4) is 0 Å². The molecule has 4 aliphatic rings. The largest absolute Gasteiger partial charge is 0.508 e. The summed E-state index contributed by atoms with van der Waals surface area (Å²) in [6.45, 7) is 1.37. The van der Waals surface area contributed by atoms with Crippen molar-refractivity contribution in [1.29, 1.82) is 0 Å². The maximum Gasteiger partial charge on any atom is 0.255 e. The van der Waals surface area contributed by atoms with Gasteiger partial charge in [0.05, 0.1) is 11.2 Å². The van der Waals surface area contributed by atoms with Gasteiger partial charge < -0.3 is 26.2 Å². The number of primary amides is 1. The Hall–Kier alpha value is -3.04. The Kier molecular flexibility index (Phi) is 2.95. The molecule has 1 aromatic carbocycles. The number of hydrogen-bond acceptors (Lipinski definition) is 8. The standard InChI is InChI=1S/C20H17NO8/c1-18(28)6-3-2-4-8(22)10(6)14(24)19-9(18)5-7-12(19)13(23)11(16(21)26)15(25)20(7,29)17(19)27/h2-4,7,9,12,22,25,28-29H,5H2,1H3,(H2,21,26)/t7-,9+,12+,18-,19+,20-/m0/s1. The Morgan fingerprint density at radius 2 is 1.83 bits per heavy atom. The maximum absolute atomic E-state index is 13.6. The highest BCUT2D eigenvalue weighted by Crippen LogP contribution is 2.73. The lowest BCUT2D eigenvalue weighted by molar-refractivity contribution is -0.156. The van der Waals surface area contributed by atoms with Crippen LogP contribution in [0.1, 0.15) is 29.3 Å². The van der Waals surface area contributed by atoms with Gasteiger partial charge in [-0.3, -0.25) is 19.2 Å². The second kappa shape index (κ2) is 4.74. The topological polar surface area (TPSA) is 175 Å². The van der Waals surface area contributed by atoms with Crippen LogP contribution < -0.4 is 5.73 Å². The molecule has 0 saturated heterocycles. The third kappa shape index (κ3) is 1.52. The van der Waals surface area contributed by atoms with E-state index >= 15 is 0 Å². The Labute approximate surface area is 163 Å². The maximum atomic E-state index is 13.6. The van der Waals surface area contributed by atoms with E-state index in [0.29, 0.717) is 0 Å². The number of amides is 1. The quantitative estimate of drug-likeness (QED) is 0.302. The third-order valence-electron chi connectivity index (χ3n) is 7.43. The second-order valence-corrected chi connectivity index (χ2v) is 8.47. The monoisotopic (exact) mass is 399 g/mol. The summed E-state index contributed by atoms with van der Waals surface area (Å²) in [5.41, 5.74) is -2.56. The molecule has 150 valence electrons. The molecule has 4 bridgehead atoms. The lowest BCUT2D eigenvalue weighted by Gasteiger charge is -2.48. The fraction of sp³-hybridized carbons (Fsp3) is 0.400. The third-order valence-corrected chi connectivity index (χ3v) is 7.43. The second-order valence-electron chi connectivity index (χ2n) is 8.47. The van der Waals surface area contributed by atoms with Crippen molar-refractivity contribution in [2.75, 3.05) is 0 Å². The predicted molar refractivity (Wildman–Crippen MR) is 93.3 cm³/mol. The van der Waals surface area contributed by atoms with Crippen molar-refractivity contribution in [2.45, 2.75) is 24.5 Å². The predicted octanol–water partition coefficient (Wildman–Crippen LogP) is -0.771. The number of rotatable bonds is 1. The molecule has 0 radical (unpaired) electrons. The van der Waals surface area contributed by atoms with Gasteiger partial charge in [0.25, 0.3) is 5.91 Å². The Morgan fingerprint density at radius 3 is 2.45 bits per heavy atom. The molecule has 2 fully saturated rings. The highest BCUT2D eigenvalue weighted by molar-refractivity contribution is 6.32. The molecule has 0 heterocycles. The van der Waals surface area contributed by atoms with Crippen LogP contribution in [0.5, 0.6) is 5.75 Å². The molecule has 4 aliphatic carbocycles. The molecule has 6 N–H and O–H groups in total. The number of aromatic hydroxyl groups is 1. The van der Waals surface area contributed by atoms with E-state index in [-0.39, 0.29) is 17.5 Å². The van der Waals surface area contributed by atoms with Crippen LogP contribution >= 0.6 is 0 Å². The van der Waals surface area contributed by atoms with Crippen molar-refractivity contribution in [1.82, 2.24) is 0 Å². The molecular formula is C20H17NO8. The van der Waals surface area contributed by atoms with Crippen molar-refractivity contribution in [2.24, 2.45) is 28.9 Å². The summed E-state index contributed by atoms with van der Waals surface area (Å²) >= 11 is 0. The Morgan fingerprint density at radius 1 is 1.17 bits per heavy atom. The SMILES string of the molecule is C[C@]1(O)c2cccc(O)c2C(=O)[C@]23C(=O)[C@@]4(O)C(O)=C(C(N)=O)C(=O)[C@H]2[C@@H]4C[C@@H]31. The highest BCUT2D eigenvalue weighted by Gasteiger charge is 2.85. The Bertz CT molecular complexity index is 1120. The zero-order chi connectivity index (χ0) is 21.3. The van der Waals surface area contributed by atoms with E-state index < -0.39 is 74.7 Å². The average molecular weight is 399 g/mol. The summed E-state index contributed by atoms with van der Waals surface area (Å²) < 4.78 is 0. The number of Topliss-reactive ketones (excluding diaryl/α,β-unsaturated/α-hetero) is 3. The van der Waals surface area contributed by atoms with E-state index in [2.05, 4.69) is 0 Å². The number of aliphatic hydroxyl groups is 3. The zero-order valence-electron chi connectivity index (χ0n) is 15.2. The van der Waals surface area contributed by atoms with Gasteiger partial charge in [0.1, 0.15) is 22.5 Å². The number of phenolic OH excluding ortho intramolecular Hbond substituents is 1. The number of aliphatic hydroxyl groups excluding tert-OH is 1. The zero-order valence-corrected chi connectivity index (χ0v) is 15.2. The molecule has 6 atom stereocenters. The molecule has 2 saturated carbocycles. The minimum Gasteiger partial charge on any atom is -0.508 e. The average Bonchev–Trinajstić information content (AvgIpc) is 3.09. The van der Waals surface area contributed by atoms with Crippen molar-refractivity contribution in [3.63, 3.8) is 0 Å². The van der Waals surface area contributed by atoms with Gasteiger partial charge in [0.2, 0.25) is 0 Å². The van der Waals surface area contributed by atoms with E-state index in [9.17, 15) is 39.6 Å². The molecule has 0 aromatic heterocycles. The van der Waals surface area contributed by atoms with Crippen molar-refractivity contribution >= 4 is 23.3 Å². The van der Waals surface area contributed by atoms with E-state index in [1.165, 1.54) is 25.1 Å². The summed E-state index contributed by atoms with van der Waals surface area (Å²) in [5.74, 6) is -9.81. The smallest absolute Gasteiger partial charge is 0.255 e. The minimum atomic E-state index is -2.63. The lowest BCUT2D eigenvalue weighted by Crippen LogP contribution is -2.61. The minimum absolute atomic E-state index is 0.111. The fourth-order valence-corrected chi connectivity index (χ4v) is 6.35. The van der Waals surface area contributed by atoms with Gasteiger partial charge in [-0.15, -0.1) is 0 Å². The van der Waals surface area contributed by atoms with Gasteiger partial charge in [-0.1, -0.05) is 12.1 Å². The van der Waals surface area contributed by atoms with Gasteiger partial charge in [0.15, 0.2) is 23.0 Å². The number of carbonyl (C=O) groups excluding carboxylic acids is 4. The number of hydrogen-bond donors (Lipinski definition) is 5. The van der Waals surface area contributed by atoms with Gasteiger partial charge in [-0.05, 0) is 25.0 Å². The molecule has 9 nitrogen and oxygen atoms in total. The first kappa shape index (κ1) is 18.0. The number of nitrogens with two attached hydrogens (primary N) is 1. The van der Waals surface area contributed by atoms with Gasteiger partial charge >= 0.3 is 0 Å². The first-order valence-corrected chi connectivity index (χ1v) is 9.09. The molecule has 5 rings (SSSR count). The number of ketones is 3. The van der Waals surface area contributed by atoms with Gasteiger partial charge in [0, 0.05) is 17.8 Å². The van der Waals surface area contributed by atoms with Gasteiger partial charge in [-0.25, -0.2) is 0 Å². The fourth-order valence-electron chi connectivity index (χ4n) is 6.35. The van der Waals surface area contributed by atoms with Crippen molar-refractivity contribution < 1.29 is 39.6 Å². The molecule has 1 amide bonds. The number of benzene rings is 1. The number of carbonyl (C=O) groups is 4. The van der Waals surface area contributed by atoms with Crippen LogP contribution in [0, 0.1) is 23.2 Å². The Balaban J connectivity index is 1.87. The highest BCUT2D eigenvalue weighted by atomic mass is 16.4. The summed E-state index contributed by atoms with van der Waals surface area (Å²) in [7, 11) is 0. The molecule has 1 aromatic rings. The van der Waals surface area contributed by atoms with Crippen LogP contribution in [0.15, 0.2) is 29.5 Å². The first-order chi connectivity index (χ1) is 13.4. The molecule has 9 heteroatoms. The summed E-state index contributed by atoms with van der Waals surface area (Å²) in [6, 6.07) is 4.10. The van der Waals surface area contributed by atoms with Crippen LogP contribution in [-0.2, 0) is 20.0 Å². The van der Waals surface area contributed by atoms with E-state index in [4.69, 9.17) is 5.73 Å². The normalized spacial score (nSPS) is 42.2. The van der Waals surface area contributed by atoms with Crippen LogP contribution in [-0.4, -0.2) is 49.3 Å². The molecular weight excluding hydrogens is 382 g/mol. The lowest BCUT2D eigenvalue weighted by atomic mass is 9.54. The number of fused-ring (bicyclic) bond motifs is 1. The summed E-state index contributed by atoms with van der Waals surface area (Å²) in [4.78, 5) is 52.0. The van der Waals surface area contributed by atoms with Crippen molar-refractivity contribution in [3.8, 4) is 5.75 Å². The molecule has 0 aliphatic heterocycles. The van der Waals surface area contributed by atoms with Crippen molar-refractivity contribution in [3.05, 3.63) is 40.7 Å². The number of phenols is 1. The van der Waals surface area contributed by atoms with E-state index in [0.717, 1.165) is 0 Å². The van der Waals surface area contributed by atoms with Crippen LogP contribution in [0.4, 0.5) is 0 Å². The van der Waals surface area contributed by atoms with Crippen LogP contribution in [0.2, 0.25) is 0 Å². The van der Waals surface area contributed by atoms with Gasteiger partial charge in [-0.2, -0.15) is 0 Å². The van der Waals surface area contributed by atoms with Crippen LogP contribution in [0.25, 0.3) is 0 Å². The molecule has 1 spiro atoms. The summed E-state index contributed by atoms with van der Waals surface area (Å²) in [5, 5.41) is 43.2. The van der Waals surface area contributed by atoms with E-state index in [1.807, 2.05) is 0 Å². The molecule has 0 unspecified atom stereocenters. The first-order valence-electron chi connectivity index (χ1n) is 9.09.